The number of hydrogen-bond donors (Lipinski definition) is 2. The number of nitrogens with zero attached hydrogens (tertiary/aromatic N) is 3. The lowest BCUT2D eigenvalue weighted by atomic mass is 10.1. The van der Waals surface area contributed by atoms with E-state index < -0.39 is 0 Å². The van der Waals surface area contributed by atoms with Gasteiger partial charge in [0, 0.05) is 19.3 Å². The highest BCUT2D eigenvalue weighted by atomic mass is 127. The molecular weight excluding hydrogens is 496 g/mol. The van der Waals surface area contributed by atoms with E-state index in [0.29, 0.717) is 25.5 Å². The number of ether oxygens (including phenoxy) is 1. The third kappa shape index (κ3) is 7.01. The summed E-state index contributed by atoms with van der Waals surface area (Å²) < 4.78 is 20.3. The van der Waals surface area contributed by atoms with Crippen LogP contribution in [-0.4, -0.2) is 35.9 Å². The average molecular weight is 523 g/mol. The van der Waals surface area contributed by atoms with Crippen LogP contribution in [0.4, 0.5) is 4.39 Å². The molecule has 2 aromatic carbocycles. The minimum Gasteiger partial charge on any atom is -0.497 e. The van der Waals surface area contributed by atoms with Gasteiger partial charge < -0.3 is 15.4 Å². The lowest BCUT2D eigenvalue weighted by molar-refractivity contribution is 0.414. The van der Waals surface area contributed by atoms with Crippen LogP contribution in [0, 0.1) is 5.82 Å². The van der Waals surface area contributed by atoms with Gasteiger partial charge in [-0.15, -0.1) is 24.0 Å². The van der Waals surface area contributed by atoms with Gasteiger partial charge in [0.2, 0.25) is 0 Å². The number of halogens is 2. The number of guanidine groups is 1. The SMILES string of the molecule is CCNC(=NCc1ccn(-c2ccc(OC)cc2)n1)NCCc1cccc(F)c1.I. The van der Waals surface area contributed by atoms with E-state index in [1.165, 1.54) is 6.07 Å². The molecular formula is C22H27FIN5O. The first-order chi connectivity index (χ1) is 14.2. The van der Waals surface area contributed by atoms with Crippen LogP contribution in [0.3, 0.4) is 0 Å². The van der Waals surface area contributed by atoms with Gasteiger partial charge in [0.15, 0.2) is 5.96 Å². The molecule has 0 bridgehead atoms. The van der Waals surface area contributed by atoms with E-state index in [0.717, 1.165) is 29.2 Å². The third-order valence-electron chi connectivity index (χ3n) is 4.32. The van der Waals surface area contributed by atoms with Crippen molar-refractivity contribution < 1.29 is 9.13 Å². The minimum absolute atomic E-state index is 0. The number of aliphatic imine (C=N–C) groups is 1. The monoisotopic (exact) mass is 523 g/mol. The highest BCUT2D eigenvalue weighted by Crippen LogP contribution is 2.14. The molecule has 0 saturated carbocycles. The maximum Gasteiger partial charge on any atom is 0.191 e. The fourth-order valence-corrected chi connectivity index (χ4v) is 2.84. The standard InChI is InChI=1S/C22H26FN5O.HI/c1-3-24-22(25-13-11-17-5-4-6-18(23)15-17)26-16-19-12-14-28(27-19)20-7-9-21(29-2)10-8-20;/h4-10,12,14-15H,3,11,13,16H2,1-2H3,(H2,24,25,26);1H. The fraction of sp³-hybridized carbons (Fsp3) is 0.273. The van der Waals surface area contributed by atoms with E-state index in [1.54, 1.807) is 19.2 Å². The molecule has 0 saturated heterocycles. The van der Waals surface area contributed by atoms with Gasteiger partial charge in [0.05, 0.1) is 25.0 Å². The van der Waals surface area contributed by atoms with Gasteiger partial charge in [-0.25, -0.2) is 14.1 Å². The normalized spacial score (nSPS) is 11.0. The summed E-state index contributed by atoms with van der Waals surface area (Å²) in [7, 11) is 1.65. The largest absolute Gasteiger partial charge is 0.497 e. The average Bonchev–Trinajstić information content (AvgIpc) is 3.21. The number of methoxy groups -OCH3 is 1. The summed E-state index contributed by atoms with van der Waals surface area (Å²) >= 11 is 0. The summed E-state index contributed by atoms with van der Waals surface area (Å²) in [6.45, 7) is 3.89. The molecule has 0 aliphatic rings. The van der Waals surface area contributed by atoms with Gasteiger partial charge in [-0.3, -0.25) is 0 Å². The summed E-state index contributed by atoms with van der Waals surface area (Å²) in [5.41, 5.74) is 2.77. The highest BCUT2D eigenvalue weighted by Gasteiger charge is 2.03. The maximum absolute atomic E-state index is 13.3. The lowest BCUT2D eigenvalue weighted by Crippen LogP contribution is -2.38. The zero-order valence-electron chi connectivity index (χ0n) is 17.1. The Balaban J connectivity index is 0.00000320. The number of rotatable bonds is 8. The molecule has 0 aliphatic heterocycles. The van der Waals surface area contributed by atoms with Crippen molar-refractivity contribution in [3.05, 3.63) is 77.9 Å². The molecule has 1 heterocycles. The molecule has 0 amide bonds. The predicted molar refractivity (Wildman–Crippen MR) is 128 cm³/mol. The van der Waals surface area contributed by atoms with Gasteiger partial charge in [0.25, 0.3) is 0 Å². The Morgan fingerprint density at radius 1 is 1.13 bits per heavy atom. The topological polar surface area (TPSA) is 63.5 Å². The molecule has 8 heteroatoms. The summed E-state index contributed by atoms with van der Waals surface area (Å²) in [5, 5.41) is 11.1. The molecule has 0 atom stereocenters. The van der Waals surface area contributed by atoms with Gasteiger partial charge in [-0.2, -0.15) is 5.10 Å². The molecule has 30 heavy (non-hydrogen) atoms. The van der Waals surface area contributed by atoms with Crippen molar-refractivity contribution in [3.63, 3.8) is 0 Å². The number of hydrogen-bond acceptors (Lipinski definition) is 3. The van der Waals surface area contributed by atoms with Crippen molar-refractivity contribution in [1.82, 2.24) is 20.4 Å². The Kier molecular flexibility index (Phi) is 9.59. The summed E-state index contributed by atoms with van der Waals surface area (Å²) in [6, 6.07) is 16.3. The third-order valence-corrected chi connectivity index (χ3v) is 4.32. The van der Waals surface area contributed by atoms with Crippen molar-refractivity contribution >= 4 is 29.9 Å². The Morgan fingerprint density at radius 3 is 2.63 bits per heavy atom. The molecule has 160 valence electrons. The van der Waals surface area contributed by atoms with Crippen LogP contribution in [0.15, 0.2) is 65.8 Å². The molecule has 0 radical (unpaired) electrons. The van der Waals surface area contributed by atoms with Crippen LogP contribution in [0.5, 0.6) is 5.75 Å². The van der Waals surface area contributed by atoms with E-state index in [9.17, 15) is 4.39 Å². The van der Waals surface area contributed by atoms with Gasteiger partial charge in [-0.05, 0) is 61.4 Å². The summed E-state index contributed by atoms with van der Waals surface area (Å²) in [5.74, 6) is 1.31. The van der Waals surface area contributed by atoms with Gasteiger partial charge in [0.1, 0.15) is 11.6 Å². The second-order valence-electron chi connectivity index (χ2n) is 6.45. The van der Waals surface area contributed by atoms with Crippen molar-refractivity contribution in [2.75, 3.05) is 20.2 Å². The number of benzene rings is 2. The zero-order chi connectivity index (χ0) is 20.5. The van der Waals surface area contributed by atoms with Gasteiger partial charge in [-0.1, -0.05) is 12.1 Å². The Hall–Kier alpha value is -2.62. The fourth-order valence-electron chi connectivity index (χ4n) is 2.84. The molecule has 1 aromatic heterocycles. The Morgan fingerprint density at radius 2 is 1.93 bits per heavy atom. The minimum atomic E-state index is -0.212. The molecule has 0 unspecified atom stereocenters. The van der Waals surface area contributed by atoms with Crippen molar-refractivity contribution in [3.8, 4) is 11.4 Å². The van der Waals surface area contributed by atoms with E-state index in [1.807, 2.05) is 54.2 Å². The molecule has 6 nitrogen and oxygen atoms in total. The lowest BCUT2D eigenvalue weighted by Gasteiger charge is -2.11. The first kappa shape index (κ1) is 23.7. The smallest absolute Gasteiger partial charge is 0.191 e. The molecule has 3 aromatic rings. The van der Waals surface area contributed by atoms with Crippen LogP contribution in [0.25, 0.3) is 5.69 Å². The maximum atomic E-state index is 13.3. The van der Waals surface area contributed by atoms with Crippen LogP contribution in [0.2, 0.25) is 0 Å². The Labute approximate surface area is 193 Å². The van der Waals surface area contributed by atoms with E-state index >= 15 is 0 Å². The van der Waals surface area contributed by atoms with Gasteiger partial charge >= 0.3 is 0 Å². The number of nitrogens with one attached hydrogen (secondary N) is 2. The van der Waals surface area contributed by atoms with Crippen LogP contribution >= 0.6 is 24.0 Å². The second kappa shape index (κ2) is 12.2. The Bertz CT molecular complexity index is 943. The van der Waals surface area contributed by atoms with Crippen LogP contribution < -0.4 is 15.4 Å². The molecule has 2 N–H and O–H groups in total. The summed E-state index contributed by atoms with van der Waals surface area (Å²) in [4.78, 5) is 4.59. The molecule has 3 rings (SSSR count). The van der Waals surface area contributed by atoms with E-state index in [2.05, 4.69) is 20.7 Å². The predicted octanol–water partition coefficient (Wildman–Crippen LogP) is 3.94. The van der Waals surface area contributed by atoms with Crippen LogP contribution in [0.1, 0.15) is 18.2 Å². The highest BCUT2D eigenvalue weighted by molar-refractivity contribution is 14.0. The van der Waals surface area contributed by atoms with Crippen LogP contribution in [-0.2, 0) is 13.0 Å². The summed E-state index contributed by atoms with van der Waals surface area (Å²) in [6.07, 6.45) is 2.63. The molecule has 0 spiro atoms. The quantitative estimate of drug-likeness (QED) is 0.267. The molecule has 0 fully saturated rings. The van der Waals surface area contributed by atoms with E-state index in [4.69, 9.17) is 4.74 Å². The zero-order valence-corrected chi connectivity index (χ0v) is 19.5. The first-order valence-corrected chi connectivity index (χ1v) is 9.63. The molecule has 0 aliphatic carbocycles. The van der Waals surface area contributed by atoms with Crippen molar-refractivity contribution in [1.29, 1.82) is 0 Å². The second-order valence-corrected chi connectivity index (χ2v) is 6.45. The number of aromatic nitrogens is 2. The van der Waals surface area contributed by atoms with E-state index in [-0.39, 0.29) is 29.8 Å². The first-order valence-electron chi connectivity index (χ1n) is 9.63. The van der Waals surface area contributed by atoms with Crippen molar-refractivity contribution in [2.24, 2.45) is 4.99 Å². The van der Waals surface area contributed by atoms with Crippen molar-refractivity contribution in [2.45, 2.75) is 19.9 Å².